The number of hydrogen-bond acceptors (Lipinski definition) is 2. The molecule has 0 heterocycles. The van der Waals surface area contributed by atoms with Crippen LogP contribution in [0, 0.1) is 11.6 Å². The van der Waals surface area contributed by atoms with Gasteiger partial charge in [0, 0.05) is 24.7 Å². The molecule has 0 unspecified atom stereocenters. The van der Waals surface area contributed by atoms with E-state index in [1.807, 2.05) is 0 Å². The second kappa shape index (κ2) is 7.08. The maximum absolute atomic E-state index is 13.4. The molecule has 6 heteroatoms. The standard InChI is InChI=1S/C15H13F4NO/c16-12-4-3-11(14(17)7-12)9-20-8-10-1-5-13(6-2-10)21-15(18)19/h1-7,15,20H,8-9H2. The van der Waals surface area contributed by atoms with Crippen molar-refractivity contribution in [3.05, 3.63) is 65.2 Å². The highest BCUT2D eigenvalue weighted by Gasteiger charge is 2.05. The molecule has 2 aromatic rings. The Bertz CT molecular complexity index is 587. The van der Waals surface area contributed by atoms with Crippen LogP contribution >= 0.6 is 0 Å². The van der Waals surface area contributed by atoms with Crippen molar-refractivity contribution in [2.45, 2.75) is 19.7 Å². The summed E-state index contributed by atoms with van der Waals surface area (Å²) in [7, 11) is 0. The monoisotopic (exact) mass is 299 g/mol. The third kappa shape index (κ3) is 4.75. The number of rotatable bonds is 6. The number of halogens is 4. The topological polar surface area (TPSA) is 21.3 Å². The number of alkyl halides is 2. The van der Waals surface area contributed by atoms with E-state index >= 15 is 0 Å². The molecule has 2 nitrogen and oxygen atoms in total. The molecule has 1 N–H and O–H groups in total. The van der Waals surface area contributed by atoms with Gasteiger partial charge < -0.3 is 10.1 Å². The quantitative estimate of drug-likeness (QED) is 0.818. The van der Waals surface area contributed by atoms with Gasteiger partial charge in [-0.25, -0.2) is 8.78 Å². The molecular formula is C15H13F4NO. The first-order chi connectivity index (χ1) is 10.0. The van der Waals surface area contributed by atoms with Gasteiger partial charge in [-0.3, -0.25) is 0 Å². The van der Waals surface area contributed by atoms with E-state index < -0.39 is 18.2 Å². The molecule has 0 aliphatic carbocycles. The van der Waals surface area contributed by atoms with E-state index in [1.54, 1.807) is 12.1 Å². The van der Waals surface area contributed by atoms with Crippen LogP contribution in [-0.4, -0.2) is 6.61 Å². The van der Waals surface area contributed by atoms with Crippen LogP contribution in [0.2, 0.25) is 0 Å². The summed E-state index contributed by atoms with van der Waals surface area (Å²) in [6.07, 6.45) is 0. The molecule has 0 saturated heterocycles. The molecule has 21 heavy (non-hydrogen) atoms. The first kappa shape index (κ1) is 15.3. The van der Waals surface area contributed by atoms with Crippen LogP contribution in [0.5, 0.6) is 5.75 Å². The zero-order valence-corrected chi connectivity index (χ0v) is 11.0. The molecule has 2 rings (SSSR count). The van der Waals surface area contributed by atoms with Crippen LogP contribution in [0.15, 0.2) is 42.5 Å². The fraction of sp³-hybridized carbons (Fsp3) is 0.200. The fourth-order valence-electron chi connectivity index (χ4n) is 1.80. The lowest BCUT2D eigenvalue weighted by Crippen LogP contribution is -2.13. The predicted octanol–water partition coefficient (Wildman–Crippen LogP) is 3.86. The lowest BCUT2D eigenvalue weighted by Gasteiger charge is -2.08. The second-order valence-electron chi connectivity index (χ2n) is 4.36. The highest BCUT2D eigenvalue weighted by Crippen LogP contribution is 2.15. The Kier molecular flexibility index (Phi) is 5.16. The highest BCUT2D eigenvalue weighted by molar-refractivity contribution is 5.27. The van der Waals surface area contributed by atoms with Crippen molar-refractivity contribution in [3.63, 3.8) is 0 Å². The van der Waals surface area contributed by atoms with Crippen molar-refractivity contribution in [1.82, 2.24) is 5.32 Å². The summed E-state index contributed by atoms with van der Waals surface area (Å²) in [5, 5.41) is 2.99. The van der Waals surface area contributed by atoms with Gasteiger partial charge in [-0.05, 0) is 23.8 Å². The lowest BCUT2D eigenvalue weighted by atomic mass is 10.2. The number of ether oxygens (including phenoxy) is 1. The summed E-state index contributed by atoms with van der Waals surface area (Å²) < 4.78 is 54.3. The number of nitrogens with one attached hydrogen (secondary N) is 1. The van der Waals surface area contributed by atoms with Crippen LogP contribution in [0.4, 0.5) is 17.6 Å². The van der Waals surface area contributed by atoms with E-state index in [-0.39, 0.29) is 12.3 Å². The van der Waals surface area contributed by atoms with Crippen molar-refractivity contribution >= 4 is 0 Å². The Morgan fingerprint density at radius 1 is 0.952 bits per heavy atom. The van der Waals surface area contributed by atoms with E-state index in [1.165, 1.54) is 24.3 Å². The van der Waals surface area contributed by atoms with Gasteiger partial charge in [-0.15, -0.1) is 0 Å². The van der Waals surface area contributed by atoms with Gasteiger partial charge in [0.05, 0.1) is 0 Å². The molecule has 0 spiro atoms. The largest absolute Gasteiger partial charge is 0.435 e. The maximum Gasteiger partial charge on any atom is 0.387 e. The summed E-state index contributed by atoms with van der Waals surface area (Å²) in [5.74, 6) is -1.15. The molecule has 0 aliphatic rings. The van der Waals surface area contributed by atoms with Gasteiger partial charge in [-0.2, -0.15) is 8.78 Å². The van der Waals surface area contributed by atoms with E-state index in [9.17, 15) is 17.6 Å². The average Bonchev–Trinajstić information content (AvgIpc) is 2.42. The van der Waals surface area contributed by atoms with Crippen LogP contribution in [0.25, 0.3) is 0 Å². The van der Waals surface area contributed by atoms with Crippen LogP contribution < -0.4 is 10.1 Å². The molecule has 0 amide bonds. The Morgan fingerprint density at radius 2 is 1.67 bits per heavy atom. The van der Waals surface area contributed by atoms with Gasteiger partial charge in [-0.1, -0.05) is 18.2 Å². The first-order valence-electron chi connectivity index (χ1n) is 6.23. The summed E-state index contributed by atoms with van der Waals surface area (Å²) in [4.78, 5) is 0. The Hall–Kier alpha value is -2.08. The summed E-state index contributed by atoms with van der Waals surface area (Å²) >= 11 is 0. The van der Waals surface area contributed by atoms with Crippen molar-refractivity contribution in [3.8, 4) is 5.75 Å². The number of hydrogen-bond donors (Lipinski definition) is 1. The zero-order chi connectivity index (χ0) is 15.2. The minimum atomic E-state index is -2.85. The Labute approximate surface area is 119 Å². The van der Waals surface area contributed by atoms with Gasteiger partial charge >= 0.3 is 6.61 Å². The molecule has 2 aromatic carbocycles. The minimum absolute atomic E-state index is 0.0818. The zero-order valence-electron chi connectivity index (χ0n) is 11.0. The van der Waals surface area contributed by atoms with Gasteiger partial charge in [0.15, 0.2) is 0 Å². The Morgan fingerprint density at radius 3 is 2.29 bits per heavy atom. The molecule has 0 aliphatic heterocycles. The van der Waals surface area contributed by atoms with Crippen LogP contribution in [0.3, 0.4) is 0 Å². The van der Waals surface area contributed by atoms with Crippen molar-refractivity contribution in [1.29, 1.82) is 0 Å². The second-order valence-corrected chi connectivity index (χ2v) is 4.36. The molecule has 0 radical (unpaired) electrons. The van der Waals surface area contributed by atoms with E-state index in [0.29, 0.717) is 12.1 Å². The molecule has 0 fully saturated rings. The third-order valence-corrected chi connectivity index (χ3v) is 2.81. The molecule has 0 aromatic heterocycles. The van der Waals surface area contributed by atoms with Gasteiger partial charge in [0.25, 0.3) is 0 Å². The molecule has 0 saturated carbocycles. The summed E-state index contributed by atoms with van der Waals surface area (Å²) in [6.45, 7) is -2.19. The van der Waals surface area contributed by atoms with E-state index in [0.717, 1.165) is 11.6 Å². The SMILES string of the molecule is Fc1ccc(CNCc2ccc(OC(F)F)cc2)c(F)c1. The Balaban J connectivity index is 1.85. The molecule has 0 bridgehead atoms. The molecule has 0 atom stereocenters. The van der Waals surface area contributed by atoms with Crippen LogP contribution in [-0.2, 0) is 13.1 Å². The lowest BCUT2D eigenvalue weighted by molar-refractivity contribution is -0.0498. The predicted molar refractivity (Wildman–Crippen MR) is 70.0 cm³/mol. The van der Waals surface area contributed by atoms with E-state index in [4.69, 9.17) is 0 Å². The van der Waals surface area contributed by atoms with E-state index in [2.05, 4.69) is 10.1 Å². The normalized spacial score (nSPS) is 10.9. The maximum atomic E-state index is 13.4. The van der Waals surface area contributed by atoms with Crippen LogP contribution in [0.1, 0.15) is 11.1 Å². The highest BCUT2D eigenvalue weighted by atomic mass is 19.3. The molecule has 112 valence electrons. The smallest absolute Gasteiger partial charge is 0.387 e. The summed E-state index contributed by atoms with van der Waals surface area (Å²) in [6, 6.07) is 9.52. The van der Waals surface area contributed by atoms with Crippen molar-refractivity contribution < 1.29 is 22.3 Å². The van der Waals surface area contributed by atoms with Gasteiger partial charge in [0.2, 0.25) is 0 Å². The first-order valence-corrected chi connectivity index (χ1v) is 6.23. The minimum Gasteiger partial charge on any atom is -0.435 e. The average molecular weight is 299 g/mol. The van der Waals surface area contributed by atoms with Crippen molar-refractivity contribution in [2.75, 3.05) is 0 Å². The fourth-order valence-corrected chi connectivity index (χ4v) is 1.80. The molecular weight excluding hydrogens is 286 g/mol. The third-order valence-electron chi connectivity index (χ3n) is 2.81. The number of benzene rings is 2. The summed E-state index contributed by atoms with van der Waals surface area (Å²) in [5.41, 5.74) is 1.19. The van der Waals surface area contributed by atoms with Gasteiger partial charge in [0.1, 0.15) is 17.4 Å². The van der Waals surface area contributed by atoms with Crippen molar-refractivity contribution in [2.24, 2.45) is 0 Å².